The van der Waals surface area contributed by atoms with Crippen LogP contribution in [0.5, 0.6) is 0 Å². The number of rotatable bonds is 17. The molecule has 4 nitrogen and oxygen atoms in total. The summed E-state index contributed by atoms with van der Waals surface area (Å²) in [6.07, 6.45) is 16.9. The smallest absolute Gasteiger partial charge is 0.313 e. The van der Waals surface area contributed by atoms with Crippen molar-refractivity contribution in [2.24, 2.45) is 0 Å². The van der Waals surface area contributed by atoms with Gasteiger partial charge in [-0.1, -0.05) is 76.9 Å². The normalized spacial score (nSPS) is 14.1. The molecule has 0 aliphatic heterocycles. The van der Waals surface area contributed by atoms with E-state index in [0.717, 1.165) is 24.6 Å². The van der Waals surface area contributed by atoms with Crippen molar-refractivity contribution in [3.8, 4) is 0 Å². The average Bonchev–Trinajstić information content (AvgIpc) is 2.57. The summed E-state index contributed by atoms with van der Waals surface area (Å²) >= 11 is 1.15. The first-order chi connectivity index (χ1) is 11.6. The molecule has 0 bridgehead atoms. The highest BCUT2D eigenvalue weighted by atomic mass is 32.2. The van der Waals surface area contributed by atoms with Crippen molar-refractivity contribution in [2.45, 2.75) is 88.9 Å². The molecule has 5 heteroatoms. The molecule has 0 saturated heterocycles. The Labute approximate surface area is 151 Å². The van der Waals surface area contributed by atoms with Crippen molar-refractivity contribution in [3.05, 3.63) is 12.2 Å². The van der Waals surface area contributed by atoms with Crippen molar-refractivity contribution < 1.29 is 20.1 Å². The van der Waals surface area contributed by atoms with E-state index in [1.165, 1.54) is 57.8 Å². The van der Waals surface area contributed by atoms with Crippen LogP contribution < -0.4 is 0 Å². The van der Waals surface area contributed by atoms with Gasteiger partial charge in [0.25, 0.3) is 0 Å². The Kier molecular flexibility index (Phi) is 16.9. The molecule has 0 fully saturated rings. The second-order valence-electron chi connectivity index (χ2n) is 6.32. The van der Waals surface area contributed by atoms with Crippen LogP contribution in [0, 0.1) is 0 Å². The molecule has 0 amide bonds. The monoisotopic (exact) mass is 360 g/mol. The lowest BCUT2D eigenvalue weighted by molar-refractivity contribution is -0.133. The molecular formula is C19H36O4S. The van der Waals surface area contributed by atoms with Crippen LogP contribution >= 0.6 is 11.8 Å². The maximum absolute atomic E-state index is 10.6. The molecule has 0 aromatic heterocycles. The van der Waals surface area contributed by atoms with Crippen LogP contribution in [0.3, 0.4) is 0 Å². The highest BCUT2D eigenvalue weighted by Gasteiger charge is 2.17. The number of thioether (sulfide) groups is 1. The fourth-order valence-corrected chi connectivity index (χ4v) is 3.41. The summed E-state index contributed by atoms with van der Waals surface area (Å²) < 4.78 is 0. The largest absolute Gasteiger partial charge is 0.481 e. The van der Waals surface area contributed by atoms with Gasteiger partial charge >= 0.3 is 5.97 Å². The van der Waals surface area contributed by atoms with Gasteiger partial charge in [-0.15, -0.1) is 11.8 Å². The standard InChI is InChI=1S/C19H36O4S/c1-2-3-4-5-6-7-8-9-10-11-12-13-14-18(17(21)15-20)24-16-19(22)23/h13-14,17-18,20-21H,2-12,15-16H2,1H3,(H,22,23). The van der Waals surface area contributed by atoms with Gasteiger partial charge in [-0.3, -0.25) is 4.79 Å². The van der Waals surface area contributed by atoms with Gasteiger partial charge in [0.05, 0.1) is 23.7 Å². The molecule has 0 spiro atoms. The molecule has 0 rings (SSSR count). The van der Waals surface area contributed by atoms with E-state index in [9.17, 15) is 9.90 Å². The molecule has 0 heterocycles. The van der Waals surface area contributed by atoms with Crippen LogP contribution in [-0.2, 0) is 4.79 Å². The van der Waals surface area contributed by atoms with E-state index in [2.05, 4.69) is 6.92 Å². The minimum Gasteiger partial charge on any atom is -0.481 e. The van der Waals surface area contributed by atoms with E-state index in [0.29, 0.717) is 0 Å². The van der Waals surface area contributed by atoms with Crippen LogP contribution in [0.4, 0.5) is 0 Å². The number of hydrogen-bond donors (Lipinski definition) is 3. The summed E-state index contributed by atoms with van der Waals surface area (Å²) in [6, 6.07) is 0. The summed E-state index contributed by atoms with van der Waals surface area (Å²) in [5.41, 5.74) is 0. The summed E-state index contributed by atoms with van der Waals surface area (Å²) in [6.45, 7) is 1.89. The van der Waals surface area contributed by atoms with Gasteiger partial charge < -0.3 is 15.3 Å². The zero-order chi connectivity index (χ0) is 18.0. The lowest BCUT2D eigenvalue weighted by Crippen LogP contribution is -2.26. The van der Waals surface area contributed by atoms with Gasteiger partial charge in [-0.05, 0) is 12.8 Å². The van der Waals surface area contributed by atoms with E-state index >= 15 is 0 Å². The first kappa shape index (κ1) is 23.5. The number of carboxylic acids is 1. The number of aliphatic carboxylic acids is 1. The Bertz CT molecular complexity index is 320. The van der Waals surface area contributed by atoms with E-state index in [4.69, 9.17) is 10.2 Å². The first-order valence-electron chi connectivity index (χ1n) is 9.40. The molecule has 2 atom stereocenters. The third-order valence-electron chi connectivity index (χ3n) is 4.02. The van der Waals surface area contributed by atoms with E-state index in [1.807, 2.05) is 12.2 Å². The molecule has 142 valence electrons. The molecule has 2 unspecified atom stereocenters. The van der Waals surface area contributed by atoms with Crippen molar-refractivity contribution >= 4 is 17.7 Å². The van der Waals surface area contributed by atoms with Gasteiger partial charge in [0, 0.05) is 0 Å². The number of unbranched alkanes of at least 4 members (excludes halogenated alkanes) is 10. The van der Waals surface area contributed by atoms with Gasteiger partial charge in [-0.25, -0.2) is 0 Å². The molecule has 0 aliphatic rings. The van der Waals surface area contributed by atoms with Gasteiger partial charge in [0.15, 0.2) is 0 Å². The number of hydrogen-bond acceptors (Lipinski definition) is 4. The third-order valence-corrected chi connectivity index (χ3v) is 5.29. The molecule has 0 aromatic rings. The quantitative estimate of drug-likeness (QED) is 0.265. The van der Waals surface area contributed by atoms with Crippen molar-refractivity contribution in [1.29, 1.82) is 0 Å². The minimum atomic E-state index is -0.904. The predicted molar refractivity (Wildman–Crippen MR) is 103 cm³/mol. The van der Waals surface area contributed by atoms with Crippen LogP contribution in [0.15, 0.2) is 12.2 Å². The van der Waals surface area contributed by atoms with Crippen LogP contribution in [-0.4, -0.2) is 45.0 Å². The number of carbonyl (C=O) groups is 1. The fourth-order valence-electron chi connectivity index (χ4n) is 2.55. The maximum Gasteiger partial charge on any atom is 0.313 e. The van der Waals surface area contributed by atoms with Gasteiger partial charge in [0.1, 0.15) is 0 Å². The maximum atomic E-state index is 10.6. The Morgan fingerprint density at radius 3 is 2.04 bits per heavy atom. The predicted octanol–water partition coefficient (Wildman–Crippen LogP) is 4.39. The minimum absolute atomic E-state index is 0.0652. The molecule has 0 aliphatic carbocycles. The Morgan fingerprint density at radius 2 is 1.54 bits per heavy atom. The lowest BCUT2D eigenvalue weighted by atomic mass is 10.1. The lowest BCUT2D eigenvalue weighted by Gasteiger charge is -2.16. The summed E-state index contributed by atoms with van der Waals surface area (Å²) in [5.74, 6) is -0.970. The van der Waals surface area contributed by atoms with Gasteiger partial charge in [-0.2, -0.15) is 0 Å². The number of allylic oxidation sites excluding steroid dienone is 1. The second kappa shape index (κ2) is 17.3. The molecule has 3 N–H and O–H groups in total. The van der Waals surface area contributed by atoms with Crippen LogP contribution in [0.25, 0.3) is 0 Å². The fraction of sp³-hybridized carbons (Fsp3) is 0.842. The van der Waals surface area contributed by atoms with E-state index in [-0.39, 0.29) is 17.6 Å². The Balaban J connectivity index is 3.64. The molecule has 0 aromatic carbocycles. The molecule has 0 radical (unpaired) electrons. The topological polar surface area (TPSA) is 77.8 Å². The number of aliphatic hydroxyl groups is 2. The molecule has 24 heavy (non-hydrogen) atoms. The summed E-state index contributed by atoms with van der Waals surface area (Å²) in [7, 11) is 0. The summed E-state index contributed by atoms with van der Waals surface area (Å²) in [4.78, 5) is 10.6. The average molecular weight is 361 g/mol. The highest BCUT2D eigenvalue weighted by molar-refractivity contribution is 8.00. The Hall–Kier alpha value is -0.520. The number of aliphatic hydroxyl groups excluding tert-OH is 2. The third kappa shape index (κ3) is 15.0. The Morgan fingerprint density at radius 1 is 1.00 bits per heavy atom. The molecule has 0 saturated carbocycles. The van der Waals surface area contributed by atoms with Gasteiger partial charge in [0.2, 0.25) is 0 Å². The van der Waals surface area contributed by atoms with Crippen molar-refractivity contribution in [3.63, 3.8) is 0 Å². The highest BCUT2D eigenvalue weighted by Crippen LogP contribution is 2.17. The van der Waals surface area contributed by atoms with Crippen molar-refractivity contribution in [2.75, 3.05) is 12.4 Å². The van der Waals surface area contributed by atoms with Crippen LogP contribution in [0.1, 0.15) is 77.6 Å². The zero-order valence-electron chi connectivity index (χ0n) is 15.2. The second-order valence-corrected chi connectivity index (χ2v) is 7.48. The zero-order valence-corrected chi connectivity index (χ0v) is 16.0. The van der Waals surface area contributed by atoms with Crippen LogP contribution in [0.2, 0.25) is 0 Å². The first-order valence-corrected chi connectivity index (χ1v) is 10.5. The SMILES string of the molecule is CCCCCCCCCCCCC=CC(SCC(=O)O)C(O)CO. The van der Waals surface area contributed by atoms with E-state index < -0.39 is 12.1 Å². The number of carboxylic acid groups (broad SMARTS) is 1. The van der Waals surface area contributed by atoms with Crippen molar-refractivity contribution in [1.82, 2.24) is 0 Å². The molecular weight excluding hydrogens is 324 g/mol. The summed E-state index contributed by atoms with van der Waals surface area (Å²) in [5, 5.41) is 27.1. The van der Waals surface area contributed by atoms with E-state index in [1.54, 1.807) is 0 Å².